The molecule has 0 radical (unpaired) electrons. The Kier molecular flexibility index (Phi) is 18.9. The van der Waals surface area contributed by atoms with Crippen LogP contribution in [0.3, 0.4) is 0 Å². The Balaban J connectivity index is 0. The number of aliphatic hydroxyl groups is 1. The Bertz CT molecular complexity index is 230. The lowest BCUT2D eigenvalue weighted by molar-refractivity contribution is -0.862. The maximum atomic E-state index is 9.78. The van der Waals surface area contributed by atoms with Gasteiger partial charge in [0.15, 0.2) is 0 Å². The molecule has 0 amide bonds. The first kappa shape index (κ1) is 25.0. The zero-order valence-corrected chi connectivity index (χ0v) is 16.9. The van der Waals surface area contributed by atoms with E-state index < -0.39 is 6.10 Å². The van der Waals surface area contributed by atoms with Crippen LogP contribution in [0, 0.1) is 5.92 Å². The van der Waals surface area contributed by atoms with Crippen LogP contribution in [-0.2, 0) is 0 Å². The molecule has 2 nitrogen and oxygen atoms in total. The predicted octanol–water partition coefficient (Wildman–Crippen LogP) is 0.489. The van der Waals surface area contributed by atoms with Crippen LogP contribution in [0.2, 0.25) is 0 Å². The fraction of sp³-hybridized carbons (Fsp3) is 1.00. The molecular formula is C17H36Cl3NO. The summed E-state index contributed by atoms with van der Waals surface area (Å²) in [5, 5.41) is 9.94. The zero-order valence-electron chi connectivity index (χ0n) is 14.6. The Morgan fingerprint density at radius 2 is 1.55 bits per heavy atom. The molecule has 0 aromatic rings. The molecule has 22 heavy (non-hydrogen) atoms. The van der Waals surface area contributed by atoms with Gasteiger partial charge in [0.05, 0.1) is 26.7 Å². The highest BCUT2D eigenvalue weighted by Gasteiger charge is 2.24. The Labute approximate surface area is 154 Å². The molecule has 0 rings (SSSR count). The van der Waals surface area contributed by atoms with E-state index in [1.807, 2.05) is 0 Å². The van der Waals surface area contributed by atoms with Crippen LogP contribution in [0.5, 0.6) is 0 Å². The van der Waals surface area contributed by atoms with Crippen molar-refractivity contribution in [3.63, 3.8) is 0 Å². The number of rotatable bonds is 14. The molecule has 0 heterocycles. The summed E-state index contributed by atoms with van der Waals surface area (Å²) in [4.78, 5) is 1.38. The molecule has 0 saturated carbocycles. The molecule has 0 aliphatic carbocycles. The zero-order chi connectivity index (χ0) is 16.1. The molecule has 0 aromatic heterocycles. The minimum absolute atomic E-state index is 0. The van der Waals surface area contributed by atoms with Gasteiger partial charge in [0.1, 0.15) is 0 Å². The van der Waals surface area contributed by atoms with E-state index >= 15 is 0 Å². The van der Waals surface area contributed by atoms with Crippen molar-refractivity contribution in [1.29, 1.82) is 0 Å². The quantitative estimate of drug-likeness (QED) is 0.335. The second kappa shape index (κ2) is 16.6. The average Bonchev–Trinajstić information content (AvgIpc) is 2.44. The van der Waals surface area contributed by atoms with E-state index in [1.54, 1.807) is 0 Å². The lowest BCUT2D eigenvalue weighted by atomic mass is 9.93. The summed E-state index contributed by atoms with van der Waals surface area (Å²) in [6, 6.07) is 0. The van der Waals surface area contributed by atoms with E-state index in [9.17, 15) is 5.11 Å². The van der Waals surface area contributed by atoms with E-state index in [0.717, 1.165) is 19.4 Å². The summed E-state index contributed by atoms with van der Waals surface area (Å²) in [5.41, 5.74) is 0. The van der Waals surface area contributed by atoms with Crippen molar-refractivity contribution < 1.29 is 22.4 Å². The molecule has 136 valence electrons. The third kappa shape index (κ3) is 14.4. The second-order valence-corrected chi connectivity index (χ2v) is 7.51. The van der Waals surface area contributed by atoms with Gasteiger partial charge in [-0.25, -0.2) is 0 Å². The number of hydrogen-bond donors (Lipinski definition) is 2. The van der Waals surface area contributed by atoms with Crippen LogP contribution in [0.15, 0.2) is 0 Å². The van der Waals surface area contributed by atoms with Gasteiger partial charge in [0, 0.05) is 17.2 Å². The first-order chi connectivity index (χ1) is 10.0. The molecule has 0 aliphatic rings. The smallest absolute Gasteiger partial charge is 0.0810 e. The number of alkyl halides is 2. The fourth-order valence-electron chi connectivity index (χ4n) is 2.83. The van der Waals surface area contributed by atoms with Crippen LogP contribution >= 0.6 is 23.2 Å². The molecular weight excluding hydrogens is 341 g/mol. The van der Waals surface area contributed by atoms with Gasteiger partial charge < -0.3 is 22.4 Å². The largest absolute Gasteiger partial charge is 1.00 e. The molecule has 0 fully saturated rings. The number of hydrogen-bond acceptors (Lipinski definition) is 1. The van der Waals surface area contributed by atoms with Crippen LogP contribution in [0.25, 0.3) is 0 Å². The van der Waals surface area contributed by atoms with E-state index in [4.69, 9.17) is 23.2 Å². The molecule has 0 aliphatic heterocycles. The van der Waals surface area contributed by atoms with Crippen LogP contribution < -0.4 is 17.3 Å². The molecule has 2 N–H and O–H groups in total. The minimum atomic E-state index is -0.425. The van der Waals surface area contributed by atoms with Crippen molar-refractivity contribution in [3.05, 3.63) is 0 Å². The number of aliphatic hydroxyl groups excluding tert-OH is 1. The van der Waals surface area contributed by atoms with E-state index in [1.165, 1.54) is 49.8 Å². The van der Waals surface area contributed by atoms with Gasteiger partial charge in [-0.3, -0.25) is 0 Å². The van der Waals surface area contributed by atoms with Crippen molar-refractivity contribution in [2.75, 3.05) is 26.5 Å². The number of halogens is 3. The van der Waals surface area contributed by atoms with Gasteiger partial charge in [0.2, 0.25) is 0 Å². The fourth-order valence-corrected chi connectivity index (χ4v) is 3.30. The Morgan fingerprint density at radius 3 is 2.05 bits per heavy atom. The van der Waals surface area contributed by atoms with Crippen molar-refractivity contribution in [2.24, 2.45) is 5.92 Å². The summed E-state index contributed by atoms with van der Waals surface area (Å²) in [5.74, 6) is 0.658. The molecule has 5 heteroatoms. The topological polar surface area (TPSA) is 24.7 Å². The summed E-state index contributed by atoms with van der Waals surface area (Å²) in [6.45, 7) is 3.25. The number of quaternary nitrogens is 1. The van der Waals surface area contributed by atoms with Gasteiger partial charge in [-0.05, 0) is 12.8 Å². The van der Waals surface area contributed by atoms with Gasteiger partial charge >= 0.3 is 0 Å². The Hall–Kier alpha value is 0.790. The maximum Gasteiger partial charge on any atom is 0.0810 e. The normalized spacial score (nSPS) is 15.4. The molecule has 0 saturated heterocycles. The second-order valence-electron chi connectivity index (χ2n) is 6.64. The minimum Gasteiger partial charge on any atom is -1.00 e. The van der Waals surface area contributed by atoms with Gasteiger partial charge in [-0.15, -0.1) is 23.2 Å². The van der Waals surface area contributed by atoms with Crippen LogP contribution in [0.1, 0.15) is 64.7 Å². The number of unbranched alkanes of at least 4 members (excludes halogenated alkanes) is 6. The summed E-state index contributed by atoms with van der Waals surface area (Å²) in [6.07, 6.45) is 10.6. The molecule has 3 unspecified atom stereocenters. The standard InChI is InChI=1S/C17H35Cl2NO.ClH/c1-4-5-6-7-8-9-10-11-17(19)15(14-20(2)3)12-16(21)13-18;/h15-17,21H,4-14H2,1-3H3;1H. The molecule has 3 atom stereocenters. The highest BCUT2D eigenvalue weighted by Crippen LogP contribution is 2.22. The SMILES string of the molecule is CCCCCCCCCC(Cl)C(CC(O)CCl)C[NH+](C)C.[Cl-]. The predicted molar refractivity (Wildman–Crippen MR) is 94.8 cm³/mol. The maximum absolute atomic E-state index is 9.78. The highest BCUT2D eigenvalue weighted by molar-refractivity contribution is 6.20. The van der Waals surface area contributed by atoms with Crippen molar-refractivity contribution in [3.8, 4) is 0 Å². The van der Waals surface area contributed by atoms with E-state index in [2.05, 4.69) is 21.0 Å². The first-order valence-electron chi connectivity index (χ1n) is 8.68. The lowest BCUT2D eigenvalue weighted by Crippen LogP contribution is -3.06. The lowest BCUT2D eigenvalue weighted by Gasteiger charge is -2.25. The Morgan fingerprint density at radius 1 is 1.00 bits per heavy atom. The molecule has 0 aromatic carbocycles. The molecule has 0 spiro atoms. The van der Waals surface area contributed by atoms with Gasteiger partial charge in [-0.2, -0.15) is 0 Å². The summed E-state index contributed by atoms with van der Waals surface area (Å²) < 4.78 is 0. The van der Waals surface area contributed by atoms with Crippen LogP contribution in [0.4, 0.5) is 0 Å². The van der Waals surface area contributed by atoms with Crippen LogP contribution in [-0.4, -0.2) is 43.1 Å². The highest BCUT2D eigenvalue weighted by atomic mass is 35.5. The third-order valence-corrected chi connectivity index (χ3v) is 4.95. The number of nitrogens with one attached hydrogen (secondary N) is 1. The van der Waals surface area contributed by atoms with E-state index in [-0.39, 0.29) is 17.8 Å². The van der Waals surface area contributed by atoms with Crippen molar-refractivity contribution in [1.82, 2.24) is 0 Å². The van der Waals surface area contributed by atoms with Gasteiger partial charge in [-0.1, -0.05) is 51.9 Å². The van der Waals surface area contributed by atoms with E-state index in [0.29, 0.717) is 11.8 Å². The van der Waals surface area contributed by atoms with Crippen molar-refractivity contribution >= 4 is 23.2 Å². The monoisotopic (exact) mass is 375 g/mol. The summed E-state index contributed by atoms with van der Waals surface area (Å²) >= 11 is 12.3. The first-order valence-corrected chi connectivity index (χ1v) is 9.65. The van der Waals surface area contributed by atoms with Crippen molar-refractivity contribution in [2.45, 2.75) is 76.2 Å². The third-order valence-electron chi connectivity index (χ3n) is 4.02. The molecule has 0 bridgehead atoms. The van der Waals surface area contributed by atoms with Gasteiger partial charge in [0.25, 0.3) is 0 Å². The average molecular weight is 377 g/mol. The summed E-state index contributed by atoms with van der Waals surface area (Å²) in [7, 11) is 4.27.